The molecule has 0 saturated heterocycles. The molecule has 0 aliphatic heterocycles. The Kier molecular flexibility index (Phi) is 5.60. The van der Waals surface area contributed by atoms with E-state index in [2.05, 4.69) is 4.74 Å². The van der Waals surface area contributed by atoms with Gasteiger partial charge in [0.15, 0.2) is 0 Å². The number of rotatable bonds is 3. The van der Waals surface area contributed by atoms with Crippen LogP contribution >= 0.6 is 0 Å². The molecule has 0 rings (SSSR count). The van der Waals surface area contributed by atoms with E-state index in [0.717, 1.165) is 5.57 Å². The van der Waals surface area contributed by atoms with Gasteiger partial charge in [-0.15, -0.1) is 0 Å². The van der Waals surface area contributed by atoms with Crippen LogP contribution in [-0.4, -0.2) is 13.1 Å². The Morgan fingerprint density at radius 2 is 1.92 bits per heavy atom. The summed E-state index contributed by atoms with van der Waals surface area (Å²) in [5.74, 6) is -0.284. The first-order valence-electron chi connectivity index (χ1n) is 4.18. The highest BCUT2D eigenvalue weighted by atomic mass is 16.5. The Morgan fingerprint density at radius 3 is 2.38 bits per heavy atom. The van der Waals surface area contributed by atoms with Gasteiger partial charge in [-0.2, -0.15) is 0 Å². The molecule has 0 N–H and O–H groups in total. The van der Waals surface area contributed by atoms with E-state index < -0.39 is 0 Å². The minimum absolute atomic E-state index is 0.284. The number of methoxy groups -OCH3 is 1. The highest BCUT2D eigenvalue weighted by Gasteiger charge is 2.01. The van der Waals surface area contributed by atoms with Crippen LogP contribution in [0.3, 0.4) is 0 Å². The Morgan fingerprint density at radius 1 is 1.31 bits per heavy atom. The molecule has 2 nitrogen and oxygen atoms in total. The van der Waals surface area contributed by atoms with Crippen molar-refractivity contribution < 1.29 is 9.53 Å². The van der Waals surface area contributed by atoms with Crippen molar-refractivity contribution in [2.45, 2.75) is 20.8 Å². The number of ether oxygens (including phenoxy) is 1. The van der Waals surface area contributed by atoms with Crippen LogP contribution in [0.4, 0.5) is 0 Å². The maximum Gasteiger partial charge on any atom is 0.333 e. The van der Waals surface area contributed by atoms with Gasteiger partial charge in [-0.1, -0.05) is 23.8 Å². The van der Waals surface area contributed by atoms with Gasteiger partial charge in [0, 0.05) is 5.57 Å². The summed E-state index contributed by atoms with van der Waals surface area (Å²) in [6, 6.07) is 0. The summed E-state index contributed by atoms with van der Waals surface area (Å²) in [5.41, 5.74) is 1.64. The normalized spacial score (nSPS) is 13.5. The van der Waals surface area contributed by atoms with Crippen molar-refractivity contribution in [1.82, 2.24) is 0 Å². The third-order valence-electron chi connectivity index (χ3n) is 1.50. The van der Waals surface area contributed by atoms with Crippen molar-refractivity contribution in [1.29, 1.82) is 0 Å². The quantitative estimate of drug-likeness (QED) is 0.379. The van der Waals surface area contributed by atoms with E-state index in [1.54, 1.807) is 13.0 Å². The summed E-state index contributed by atoms with van der Waals surface area (Å²) >= 11 is 0. The lowest BCUT2D eigenvalue weighted by Gasteiger charge is -1.97. The topological polar surface area (TPSA) is 26.3 Å². The second kappa shape index (κ2) is 6.23. The third kappa shape index (κ3) is 5.01. The van der Waals surface area contributed by atoms with Crippen LogP contribution in [0.15, 0.2) is 35.5 Å². The molecule has 0 aromatic carbocycles. The summed E-state index contributed by atoms with van der Waals surface area (Å²) in [5, 5.41) is 0. The predicted octanol–water partition coefficient (Wildman–Crippen LogP) is 2.63. The molecule has 0 saturated carbocycles. The molecular weight excluding hydrogens is 164 g/mol. The monoisotopic (exact) mass is 180 g/mol. The fourth-order valence-electron chi connectivity index (χ4n) is 0.858. The van der Waals surface area contributed by atoms with Gasteiger partial charge in [-0.05, 0) is 26.8 Å². The average Bonchev–Trinajstić information content (AvgIpc) is 2.13. The van der Waals surface area contributed by atoms with E-state index in [9.17, 15) is 4.79 Å². The molecule has 72 valence electrons. The van der Waals surface area contributed by atoms with E-state index in [0.29, 0.717) is 5.57 Å². The molecular formula is C11H16O2. The number of allylic oxidation sites excluding steroid dienone is 5. The minimum Gasteiger partial charge on any atom is -0.466 e. The zero-order valence-electron chi connectivity index (χ0n) is 8.63. The number of hydrogen-bond donors (Lipinski definition) is 0. The highest BCUT2D eigenvalue weighted by Crippen LogP contribution is 2.03. The van der Waals surface area contributed by atoms with E-state index in [-0.39, 0.29) is 5.97 Å². The standard InChI is InChI=1S/C11H16O2/c1-5-6-7-9(2)8-10(3)11(12)13-4/h5-8H,1-4H3/b6-5+,9-7+,10-8-. The lowest BCUT2D eigenvalue weighted by atomic mass is 10.2. The zero-order valence-corrected chi connectivity index (χ0v) is 8.63. The minimum atomic E-state index is -0.284. The van der Waals surface area contributed by atoms with Crippen LogP contribution in [0.25, 0.3) is 0 Å². The van der Waals surface area contributed by atoms with E-state index in [1.165, 1.54) is 7.11 Å². The molecule has 0 atom stereocenters. The fourth-order valence-corrected chi connectivity index (χ4v) is 0.858. The van der Waals surface area contributed by atoms with Gasteiger partial charge in [0.2, 0.25) is 0 Å². The largest absolute Gasteiger partial charge is 0.466 e. The number of carbonyl (C=O) groups is 1. The van der Waals surface area contributed by atoms with Crippen molar-refractivity contribution in [2.75, 3.05) is 7.11 Å². The first kappa shape index (κ1) is 11.7. The number of carbonyl (C=O) groups excluding carboxylic acids is 1. The maximum absolute atomic E-state index is 11.0. The summed E-state index contributed by atoms with van der Waals surface area (Å²) in [4.78, 5) is 11.0. The van der Waals surface area contributed by atoms with Gasteiger partial charge in [-0.25, -0.2) is 4.79 Å². The van der Waals surface area contributed by atoms with Crippen LogP contribution in [-0.2, 0) is 9.53 Å². The van der Waals surface area contributed by atoms with Crippen LogP contribution in [0.2, 0.25) is 0 Å². The Balaban J connectivity index is 4.46. The number of hydrogen-bond acceptors (Lipinski definition) is 2. The van der Waals surface area contributed by atoms with Crippen LogP contribution in [0, 0.1) is 0 Å². The Labute approximate surface area is 79.6 Å². The lowest BCUT2D eigenvalue weighted by Crippen LogP contribution is -2.01. The molecule has 0 aromatic heterocycles. The maximum atomic E-state index is 11.0. The molecule has 0 aliphatic rings. The average molecular weight is 180 g/mol. The van der Waals surface area contributed by atoms with E-state index >= 15 is 0 Å². The van der Waals surface area contributed by atoms with Crippen molar-refractivity contribution in [3.05, 3.63) is 35.5 Å². The lowest BCUT2D eigenvalue weighted by molar-refractivity contribution is -0.136. The Hall–Kier alpha value is -1.31. The van der Waals surface area contributed by atoms with Gasteiger partial charge < -0.3 is 4.74 Å². The molecule has 0 spiro atoms. The van der Waals surface area contributed by atoms with Crippen molar-refractivity contribution in [3.8, 4) is 0 Å². The summed E-state index contributed by atoms with van der Waals surface area (Å²) in [6.45, 7) is 5.62. The summed E-state index contributed by atoms with van der Waals surface area (Å²) < 4.78 is 4.56. The third-order valence-corrected chi connectivity index (χ3v) is 1.50. The SMILES string of the molecule is C/C=C/C=C(C)/C=C(/C)C(=O)OC. The van der Waals surface area contributed by atoms with Crippen LogP contribution in [0.1, 0.15) is 20.8 Å². The van der Waals surface area contributed by atoms with Gasteiger partial charge in [0.1, 0.15) is 0 Å². The van der Waals surface area contributed by atoms with Crippen LogP contribution < -0.4 is 0 Å². The van der Waals surface area contributed by atoms with E-state index in [1.807, 2.05) is 32.1 Å². The first-order valence-corrected chi connectivity index (χ1v) is 4.18. The second-order valence-corrected chi connectivity index (χ2v) is 2.76. The van der Waals surface area contributed by atoms with Crippen molar-refractivity contribution >= 4 is 5.97 Å². The molecule has 0 bridgehead atoms. The fraction of sp³-hybridized carbons (Fsp3) is 0.364. The van der Waals surface area contributed by atoms with Crippen molar-refractivity contribution in [2.24, 2.45) is 0 Å². The molecule has 0 aromatic rings. The summed E-state index contributed by atoms with van der Waals surface area (Å²) in [7, 11) is 1.38. The number of esters is 1. The molecule has 0 heterocycles. The zero-order chi connectivity index (χ0) is 10.3. The predicted molar refractivity (Wildman–Crippen MR) is 54.3 cm³/mol. The molecule has 0 radical (unpaired) electrons. The molecule has 0 unspecified atom stereocenters. The first-order chi connectivity index (χ1) is 6.11. The highest BCUT2D eigenvalue weighted by molar-refractivity contribution is 5.88. The second-order valence-electron chi connectivity index (χ2n) is 2.76. The molecule has 0 fully saturated rings. The smallest absolute Gasteiger partial charge is 0.333 e. The van der Waals surface area contributed by atoms with Crippen molar-refractivity contribution in [3.63, 3.8) is 0 Å². The van der Waals surface area contributed by atoms with Gasteiger partial charge in [0.25, 0.3) is 0 Å². The van der Waals surface area contributed by atoms with Gasteiger partial charge in [0.05, 0.1) is 7.11 Å². The summed E-state index contributed by atoms with van der Waals surface area (Å²) in [6.07, 6.45) is 7.60. The molecule has 0 amide bonds. The van der Waals surface area contributed by atoms with E-state index in [4.69, 9.17) is 0 Å². The molecule has 13 heavy (non-hydrogen) atoms. The van der Waals surface area contributed by atoms with Gasteiger partial charge >= 0.3 is 5.97 Å². The van der Waals surface area contributed by atoms with Gasteiger partial charge in [-0.3, -0.25) is 0 Å². The Bertz CT molecular complexity index is 257. The molecule has 2 heteroatoms. The molecule has 0 aliphatic carbocycles. The van der Waals surface area contributed by atoms with Crippen LogP contribution in [0.5, 0.6) is 0 Å².